The van der Waals surface area contributed by atoms with Crippen LogP contribution in [0.15, 0.2) is 30.3 Å². The number of rotatable bonds is 4. The molecule has 16 heavy (non-hydrogen) atoms. The van der Waals surface area contributed by atoms with Gasteiger partial charge in [-0.3, -0.25) is 0 Å². The Bertz CT molecular complexity index is 399. The van der Waals surface area contributed by atoms with Crippen molar-refractivity contribution in [2.24, 2.45) is 0 Å². The van der Waals surface area contributed by atoms with Crippen molar-refractivity contribution in [2.75, 3.05) is 13.7 Å². The lowest BCUT2D eigenvalue weighted by molar-refractivity contribution is -0.137. The van der Waals surface area contributed by atoms with Gasteiger partial charge in [0.05, 0.1) is 19.8 Å². The fourth-order valence-corrected chi connectivity index (χ4v) is 1.19. The second-order valence-electron chi connectivity index (χ2n) is 2.98. The van der Waals surface area contributed by atoms with Crippen molar-refractivity contribution in [3.8, 4) is 0 Å². The van der Waals surface area contributed by atoms with E-state index in [2.05, 4.69) is 0 Å². The molecule has 0 saturated carbocycles. The average Bonchev–Trinajstić information content (AvgIpc) is 2.26. The molecular formula is C12H13FO3. The van der Waals surface area contributed by atoms with Gasteiger partial charge in [0.1, 0.15) is 11.6 Å². The molecule has 0 heterocycles. The van der Waals surface area contributed by atoms with E-state index in [1.54, 1.807) is 19.1 Å². The van der Waals surface area contributed by atoms with E-state index in [0.717, 1.165) is 0 Å². The molecule has 0 aromatic heterocycles. The van der Waals surface area contributed by atoms with Gasteiger partial charge in [0, 0.05) is 5.56 Å². The molecule has 0 aliphatic rings. The fourth-order valence-electron chi connectivity index (χ4n) is 1.19. The molecular weight excluding hydrogens is 211 g/mol. The average molecular weight is 224 g/mol. The van der Waals surface area contributed by atoms with Crippen LogP contribution >= 0.6 is 0 Å². The van der Waals surface area contributed by atoms with Crippen molar-refractivity contribution in [3.63, 3.8) is 0 Å². The Labute approximate surface area is 93.5 Å². The molecule has 0 aliphatic heterocycles. The summed E-state index contributed by atoms with van der Waals surface area (Å²) in [5.74, 6) is -0.620. The van der Waals surface area contributed by atoms with E-state index >= 15 is 0 Å². The highest BCUT2D eigenvalue weighted by Crippen LogP contribution is 2.16. The molecule has 0 aliphatic carbocycles. The van der Waals surface area contributed by atoms with Crippen LogP contribution in [0.4, 0.5) is 4.39 Å². The van der Waals surface area contributed by atoms with E-state index < -0.39 is 5.97 Å². The molecule has 1 aromatic carbocycles. The van der Waals surface area contributed by atoms with Crippen LogP contribution in [-0.4, -0.2) is 19.7 Å². The minimum Gasteiger partial charge on any atom is -0.496 e. The zero-order chi connectivity index (χ0) is 12.0. The van der Waals surface area contributed by atoms with Crippen LogP contribution in [0.2, 0.25) is 0 Å². The summed E-state index contributed by atoms with van der Waals surface area (Å²) in [7, 11) is 1.41. The van der Waals surface area contributed by atoms with Gasteiger partial charge in [0.15, 0.2) is 0 Å². The Hall–Kier alpha value is -1.84. The second-order valence-corrected chi connectivity index (χ2v) is 2.98. The van der Waals surface area contributed by atoms with Crippen LogP contribution in [0.5, 0.6) is 0 Å². The van der Waals surface area contributed by atoms with Crippen LogP contribution in [0.25, 0.3) is 5.76 Å². The van der Waals surface area contributed by atoms with E-state index in [0.29, 0.717) is 5.56 Å². The minimum atomic E-state index is -0.511. The van der Waals surface area contributed by atoms with Crippen LogP contribution in [0.3, 0.4) is 0 Å². The lowest BCUT2D eigenvalue weighted by Gasteiger charge is -2.06. The van der Waals surface area contributed by atoms with Crippen molar-refractivity contribution in [3.05, 3.63) is 41.7 Å². The number of carbonyl (C=O) groups excluding carboxylic acids is 1. The molecule has 4 heteroatoms. The predicted octanol–water partition coefficient (Wildman–Crippen LogP) is 2.38. The fraction of sp³-hybridized carbons (Fsp3) is 0.250. The normalized spacial score (nSPS) is 11.1. The van der Waals surface area contributed by atoms with E-state index in [1.807, 2.05) is 0 Å². The van der Waals surface area contributed by atoms with Crippen molar-refractivity contribution in [2.45, 2.75) is 6.92 Å². The molecule has 0 amide bonds. The largest absolute Gasteiger partial charge is 0.496 e. The summed E-state index contributed by atoms with van der Waals surface area (Å²) >= 11 is 0. The summed E-state index contributed by atoms with van der Waals surface area (Å²) in [5.41, 5.74) is 0.496. The SMILES string of the molecule is CCOC(=O)C=C(OC)c1cccc(F)c1. The molecule has 0 bridgehead atoms. The first-order valence-electron chi connectivity index (χ1n) is 4.85. The van der Waals surface area contributed by atoms with Gasteiger partial charge in [-0.05, 0) is 19.1 Å². The maximum absolute atomic E-state index is 13.0. The van der Waals surface area contributed by atoms with Gasteiger partial charge in [-0.15, -0.1) is 0 Å². The lowest BCUT2D eigenvalue weighted by atomic mass is 10.2. The number of esters is 1. The quantitative estimate of drug-likeness (QED) is 0.447. The number of benzene rings is 1. The predicted molar refractivity (Wildman–Crippen MR) is 58.0 cm³/mol. The van der Waals surface area contributed by atoms with Gasteiger partial charge in [-0.1, -0.05) is 12.1 Å². The minimum absolute atomic E-state index is 0.276. The van der Waals surface area contributed by atoms with Gasteiger partial charge in [-0.2, -0.15) is 0 Å². The molecule has 0 saturated heterocycles. The van der Waals surface area contributed by atoms with Gasteiger partial charge in [0.2, 0.25) is 0 Å². The molecule has 0 fully saturated rings. The van der Waals surface area contributed by atoms with Crippen molar-refractivity contribution >= 4 is 11.7 Å². The van der Waals surface area contributed by atoms with Gasteiger partial charge in [-0.25, -0.2) is 9.18 Å². The molecule has 86 valence electrons. The number of carbonyl (C=O) groups is 1. The molecule has 3 nitrogen and oxygen atoms in total. The van der Waals surface area contributed by atoms with Crippen molar-refractivity contribution in [1.82, 2.24) is 0 Å². The first-order chi connectivity index (χ1) is 7.67. The number of ether oxygens (including phenoxy) is 2. The van der Waals surface area contributed by atoms with E-state index in [4.69, 9.17) is 9.47 Å². The highest BCUT2D eigenvalue weighted by molar-refractivity contribution is 5.89. The Kier molecular flexibility index (Phi) is 4.51. The van der Waals surface area contributed by atoms with Crippen LogP contribution < -0.4 is 0 Å². The van der Waals surface area contributed by atoms with Gasteiger partial charge < -0.3 is 9.47 Å². The van der Waals surface area contributed by atoms with Crippen molar-refractivity contribution in [1.29, 1.82) is 0 Å². The molecule has 0 radical (unpaired) electrons. The summed E-state index contributed by atoms with van der Waals surface area (Å²) in [6, 6.07) is 5.80. The zero-order valence-corrected chi connectivity index (χ0v) is 9.20. The van der Waals surface area contributed by atoms with Crippen LogP contribution in [0, 0.1) is 5.82 Å². The molecule has 0 N–H and O–H groups in total. The third-order valence-corrected chi connectivity index (χ3v) is 1.86. The molecule has 1 aromatic rings. The number of hydrogen-bond acceptors (Lipinski definition) is 3. The maximum atomic E-state index is 13.0. The Morgan fingerprint density at radius 3 is 2.81 bits per heavy atom. The van der Waals surface area contributed by atoms with E-state index in [1.165, 1.54) is 25.3 Å². The van der Waals surface area contributed by atoms with Crippen LogP contribution in [-0.2, 0) is 14.3 Å². The number of halogens is 1. The van der Waals surface area contributed by atoms with Gasteiger partial charge >= 0.3 is 5.97 Å². The second kappa shape index (κ2) is 5.90. The topological polar surface area (TPSA) is 35.5 Å². The summed E-state index contributed by atoms with van der Waals surface area (Å²) in [6.45, 7) is 2.00. The molecule has 0 atom stereocenters. The molecule has 0 unspecified atom stereocenters. The summed E-state index contributed by atoms with van der Waals surface area (Å²) < 4.78 is 22.7. The van der Waals surface area contributed by atoms with Crippen molar-refractivity contribution < 1.29 is 18.7 Å². The number of methoxy groups -OCH3 is 1. The van der Waals surface area contributed by atoms with E-state index in [9.17, 15) is 9.18 Å². The van der Waals surface area contributed by atoms with Crippen LogP contribution in [0.1, 0.15) is 12.5 Å². The summed E-state index contributed by atoms with van der Waals surface area (Å²) in [5, 5.41) is 0. The third-order valence-electron chi connectivity index (χ3n) is 1.86. The Morgan fingerprint density at radius 2 is 2.25 bits per heavy atom. The first-order valence-corrected chi connectivity index (χ1v) is 4.85. The summed E-state index contributed by atoms with van der Waals surface area (Å²) in [4.78, 5) is 11.2. The monoisotopic (exact) mass is 224 g/mol. The lowest BCUT2D eigenvalue weighted by Crippen LogP contribution is -2.02. The first kappa shape index (κ1) is 12.2. The maximum Gasteiger partial charge on any atom is 0.334 e. The number of hydrogen-bond donors (Lipinski definition) is 0. The molecule has 0 spiro atoms. The Balaban J connectivity index is 2.94. The standard InChI is InChI=1S/C12H13FO3/c1-3-16-12(14)8-11(15-2)9-5-4-6-10(13)7-9/h4-8H,3H2,1-2H3. The zero-order valence-electron chi connectivity index (χ0n) is 9.20. The smallest absolute Gasteiger partial charge is 0.334 e. The van der Waals surface area contributed by atoms with E-state index in [-0.39, 0.29) is 18.2 Å². The highest BCUT2D eigenvalue weighted by atomic mass is 19.1. The Morgan fingerprint density at radius 1 is 1.50 bits per heavy atom. The molecule has 1 rings (SSSR count). The summed E-state index contributed by atoms with van der Waals surface area (Å²) in [6.07, 6.45) is 1.19. The van der Waals surface area contributed by atoms with Gasteiger partial charge in [0.25, 0.3) is 0 Å². The highest BCUT2D eigenvalue weighted by Gasteiger charge is 2.06. The third kappa shape index (κ3) is 3.38.